The van der Waals surface area contributed by atoms with Crippen LogP contribution in [-0.2, 0) is 0 Å². The minimum absolute atomic E-state index is 0.0271. The zero-order chi connectivity index (χ0) is 16.2. The van der Waals surface area contributed by atoms with Crippen molar-refractivity contribution in [1.29, 1.82) is 0 Å². The highest BCUT2D eigenvalue weighted by atomic mass is 16.3. The third kappa shape index (κ3) is 4.58. The zero-order valence-corrected chi connectivity index (χ0v) is 14.4. The fraction of sp³-hybridized carbons (Fsp3) is 0.941. The van der Waals surface area contributed by atoms with Gasteiger partial charge in [-0.2, -0.15) is 0 Å². The number of hydrogen-bond acceptors (Lipinski definition) is 4. The minimum Gasteiger partial charge on any atom is -0.395 e. The van der Waals surface area contributed by atoms with Crippen LogP contribution in [0, 0.1) is 0 Å². The predicted molar refractivity (Wildman–Crippen MR) is 90.5 cm³/mol. The van der Waals surface area contributed by atoms with Crippen molar-refractivity contribution in [2.75, 3.05) is 46.4 Å². The Morgan fingerprint density at radius 1 is 1.09 bits per heavy atom. The monoisotopic (exact) mass is 324 g/mol. The Morgan fingerprint density at radius 3 is 2.30 bits per heavy atom. The first-order chi connectivity index (χ1) is 11.2. The molecule has 2 aliphatic heterocycles. The molecule has 2 N–H and O–H groups in total. The maximum Gasteiger partial charge on any atom is 0.317 e. The number of rotatable bonds is 5. The van der Waals surface area contributed by atoms with Gasteiger partial charge in [0.15, 0.2) is 0 Å². The van der Waals surface area contributed by atoms with Gasteiger partial charge in [-0.1, -0.05) is 0 Å². The maximum atomic E-state index is 12.4. The fourth-order valence-electron chi connectivity index (χ4n) is 3.97. The van der Waals surface area contributed by atoms with Gasteiger partial charge in [-0.25, -0.2) is 4.79 Å². The highest BCUT2D eigenvalue weighted by Gasteiger charge is 2.34. The number of aliphatic hydroxyl groups is 1. The molecule has 2 amide bonds. The highest BCUT2D eigenvalue weighted by molar-refractivity contribution is 5.75. The van der Waals surface area contributed by atoms with E-state index in [2.05, 4.69) is 22.2 Å². The number of urea groups is 1. The molecule has 1 aliphatic carbocycles. The van der Waals surface area contributed by atoms with E-state index in [-0.39, 0.29) is 12.6 Å². The summed E-state index contributed by atoms with van der Waals surface area (Å²) in [5.74, 6) is 0. The summed E-state index contributed by atoms with van der Waals surface area (Å²) in [6.07, 6.45) is 6.83. The molecule has 3 aliphatic rings. The van der Waals surface area contributed by atoms with Crippen LogP contribution in [0.3, 0.4) is 0 Å². The summed E-state index contributed by atoms with van der Waals surface area (Å²) in [5, 5.41) is 12.3. The van der Waals surface area contributed by atoms with E-state index < -0.39 is 0 Å². The summed E-state index contributed by atoms with van der Waals surface area (Å²) in [6, 6.07) is 1.42. The smallest absolute Gasteiger partial charge is 0.317 e. The lowest BCUT2D eigenvalue weighted by Crippen LogP contribution is -2.53. The van der Waals surface area contributed by atoms with Crippen LogP contribution >= 0.6 is 0 Å². The van der Waals surface area contributed by atoms with Crippen LogP contribution in [0.5, 0.6) is 0 Å². The molecule has 3 rings (SSSR count). The summed E-state index contributed by atoms with van der Waals surface area (Å²) in [4.78, 5) is 19.3. The Balaban J connectivity index is 1.41. The lowest BCUT2D eigenvalue weighted by Gasteiger charge is -2.41. The van der Waals surface area contributed by atoms with E-state index in [1.807, 2.05) is 4.90 Å². The molecule has 0 aromatic carbocycles. The lowest BCUT2D eigenvalue weighted by atomic mass is 9.98. The Bertz CT molecular complexity index is 386. The number of aliphatic hydroxyl groups excluding tert-OH is 1. The summed E-state index contributed by atoms with van der Waals surface area (Å²) in [7, 11) is 2.20. The van der Waals surface area contributed by atoms with Gasteiger partial charge in [-0.15, -0.1) is 0 Å². The summed E-state index contributed by atoms with van der Waals surface area (Å²) in [6.45, 7) is 5.13. The molecule has 1 saturated carbocycles. The van der Waals surface area contributed by atoms with Crippen molar-refractivity contribution >= 4 is 6.03 Å². The summed E-state index contributed by atoms with van der Waals surface area (Å²) in [5.41, 5.74) is 0. The van der Waals surface area contributed by atoms with Crippen LogP contribution in [0.25, 0.3) is 0 Å². The van der Waals surface area contributed by atoms with Crippen LogP contribution in [0.1, 0.15) is 38.5 Å². The van der Waals surface area contributed by atoms with Crippen LogP contribution in [0.15, 0.2) is 0 Å². The third-order valence-electron chi connectivity index (χ3n) is 5.65. The van der Waals surface area contributed by atoms with Crippen molar-refractivity contribution < 1.29 is 9.90 Å². The van der Waals surface area contributed by atoms with Gasteiger partial charge >= 0.3 is 6.03 Å². The number of carbonyl (C=O) groups excluding carboxylic acids is 1. The molecule has 2 saturated heterocycles. The number of amides is 2. The first kappa shape index (κ1) is 17.0. The second-order valence-corrected chi connectivity index (χ2v) is 7.44. The van der Waals surface area contributed by atoms with Crippen molar-refractivity contribution in [2.24, 2.45) is 0 Å². The van der Waals surface area contributed by atoms with Gasteiger partial charge in [0, 0.05) is 37.8 Å². The first-order valence-electron chi connectivity index (χ1n) is 9.28. The molecule has 6 heteroatoms. The van der Waals surface area contributed by atoms with E-state index in [9.17, 15) is 4.79 Å². The normalized spacial score (nSPS) is 25.5. The quantitative estimate of drug-likeness (QED) is 0.782. The number of nitrogens with one attached hydrogen (secondary N) is 1. The number of nitrogens with zero attached hydrogens (tertiary/aromatic N) is 3. The van der Waals surface area contributed by atoms with E-state index in [1.54, 1.807) is 0 Å². The van der Waals surface area contributed by atoms with Crippen LogP contribution in [0.4, 0.5) is 4.79 Å². The van der Waals surface area contributed by atoms with Gasteiger partial charge in [-0.05, 0) is 58.7 Å². The van der Waals surface area contributed by atoms with E-state index >= 15 is 0 Å². The van der Waals surface area contributed by atoms with Crippen molar-refractivity contribution in [2.45, 2.75) is 56.7 Å². The molecule has 2 heterocycles. The second kappa shape index (κ2) is 7.81. The van der Waals surface area contributed by atoms with E-state index in [0.717, 1.165) is 44.8 Å². The van der Waals surface area contributed by atoms with Crippen molar-refractivity contribution in [3.05, 3.63) is 0 Å². The molecule has 0 atom stereocenters. The van der Waals surface area contributed by atoms with Crippen LogP contribution < -0.4 is 5.32 Å². The molecule has 0 unspecified atom stereocenters. The molecule has 0 bridgehead atoms. The topological polar surface area (TPSA) is 59.0 Å². The average molecular weight is 324 g/mol. The van der Waals surface area contributed by atoms with Crippen molar-refractivity contribution in [3.63, 3.8) is 0 Å². The van der Waals surface area contributed by atoms with Gasteiger partial charge in [0.25, 0.3) is 0 Å². The van der Waals surface area contributed by atoms with Gasteiger partial charge in [0.05, 0.1) is 6.61 Å². The molecule has 132 valence electrons. The molecule has 0 spiro atoms. The zero-order valence-electron chi connectivity index (χ0n) is 14.4. The molecule has 0 aromatic heterocycles. The first-order valence-corrected chi connectivity index (χ1v) is 9.28. The summed E-state index contributed by atoms with van der Waals surface area (Å²) >= 11 is 0. The van der Waals surface area contributed by atoms with E-state index in [4.69, 9.17) is 5.11 Å². The number of piperidine rings is 2. The standard InChI is InChI=1S/C17H32N4O2/c1-19-8-6-15(7-9-19)20-10-4-14(5-11-20)18-17(23)21(12-13-22)16-2-3-16/h14-16,22H,2-13H2,1H3,(H,18,23). The van der Waals surface area contributed by atoms with E-state index in [1.165, 1.54) is 25.9 Å². The Hall–Kier alpha value is -0.850. The maximum absolute atomic E-state index is 12.4. The van der Waals surface area contributed by atoms with E-state index in [0.29, 0.717) is 18.6 Å². The van der Waals surface area contributed by atoms with Gasteiger partial charge in [-0.3, -0.25) is 0 Å². The molecular formula is C17H32N4O2. The molecular weight excluding hydrogens is 292 g/mol. The lowest BCUT2D eigenvalue weighted by molar-refractivity contribution is 0.0914. The highest BCUT2D eigenvalue weighted by Crippen LogP contribution is 2.27. The Labute approximate surface area is 139 Å². The second-order valence-electron chi connectivity index (χ2n) is 7.44. The molecule has 6 nitrogen and oxygen atoms in total. The number of hydrogen-bond donors (Lipinski definition) is 2. The summed E-state index contributed by atoms with van der Waals surface area (Å²) < 4.78 is 0. The largest absolute Gasteiger partial charge is 0.395 e. The van der Waals surface area contributed by atoms with Crippen LogP contribution in [-0.4, -0.2) is 90.3 Å². The van der Waals surface area contributed by atoms with Gasteiger partial charge in [0.1, 0.15) is 0 Å². The van der Waals surface area contributed by atoms with Gasteiger partial charge < -0.3 is 25.1 Å². The van der Waals surface area contributed by atoms with Crippen LogP contribution in [0.2, 0.25) is 0 Å². The minimum atomic E-state index is 0.0271. The SMILES string of the molecule is CN1CCC(N2CCC(NC(=O)N(CCO)C3CC3)CC2)CC1. The molecule has 23 heavy (non-hydrogen) atoms. The third-order valence-corrected chi connectivity index (χ3v) is 5.65. The van der Waals surface area contributed by atoms with Crippen molar-refractivity contribution in [3.8, 4) is 0 Å². The molecule has 0 aromatic rings. The van der Waals surface area contributed by atoms with Gasteiger partial charge in [0.2, 0.25) is 0 Å². The number of likely N-dealkylation sites (tertiary alicyclic amines) is 2. The van der Waals surface area contributed by atoms with Crippen molar-refractivity contribution in [1.82, 2.24) is 20.0 Å². The average Bonchev–Trinajstić information content (AvgIpc) is 3.39. The number of carbonyl (C=O) groups is 1. The fourth-order valence-corrected chi connectivity index (χ4v) is 3.97. The molecule has 3 fully saturated rings. The Morgan fingerprint density at radius 2 is 1.74 bits per heavy atom. The predicted octanol–water partition coefficient (Wildman–Crippen LogP) is 0.711. The molecule has 0 radical (unpaired) electrons. The Kier molecular flexibility index (Phi) is 5.77.